The third kappa shape index (κ3) is 2.48. The van der Waals surface area contributed by atoms with Crippen LogP contribution in [-0.4, -0.2) is 73.6 Å². The van der Waals surface area contributed by atoms with Crippen molar-refractivity contribution in [1.82, 2.24) is 4.90 Å². The van der Waals surface area contributed by atoms with Crippen LogP contribution >= 0.6 is 0 Å². The van der Waals surface area contributed by atoms with E-state index in [-0.39, 0.29) is 17.5 Å². The first-order valence-corrected chi connectivity index (χ1v) is 9.97. The predicted molar refractivity (Wildman–Crippen MR) is 110 cm³/mol. The molecule has 0 saturated carbocycles. The number of fused-ring (bicyclic) bond motifs is 3. The summed E-state index contributed by atoms with van der Waals surface area (Å²) in [6.45, 7) is 1.40. The van der Waals surface area contributed by atoms with E-state index in [9.17, 15) is 39.9 Å². The molecule has 7 N–H and O–H groups in total. The standard InChI is InChI=1S/C22H24N2O8/c1-21(31)8-5-4-6-11(25)12(8)16(26)13-9(21)7-10-15(24(2)3)17(27)14(20(23)30)19(29)22(10,32)18(13)28/h4-6,9-10,15,25,27-28,31-32H,7H2,1-3H3,(H2,23,30)/t9?,10-,15?,21?,22-/m0/s1. The minimum absolute atomic E-state index is 0.135. The van der Waals surface area contributed by atoms with Crippen molar-refractivity contribution in [2.45, 2.75) is 30.6 Å². The van der Waals surface area contributed by atoms with Gasteiger partial charge in [0.1, 0.15) is 22.8 Å². The Morgan fingerprint density at radius 3 is 2.34 bits per heavy atom. The number of carbonyl (C=O) groups is 3. The molecule has 10 heteroatoms. The minimum Gasteiger partial charge on any atom is -0.510 e. The number of nitrogens with zero attached hydrogens (tertiary/aromatic N) is 1. The highest BCUT2D eigenvalue weighted by Crippen LogP contribution is 2.56. The summed E-state index contributed by atoms with van der Waals surface area (Å²) in [5, 5.41) is 55.0. The Balaban J connectivity index is 2.05. The van der Waals surface area contributed by atoms with E-state index in [1.165, 1.54) is 44.1 Å². The third-order valence-electron chi connectivity index (χ3n) is 7.02. The van der Waals surface area contributed by atoms with Crippen LogP contribution in [0.15, 0.2) is 40.9 Å². The number of nitrogens with two attached hydrogens (primary N) is 1. The Hall–Kier alpha value is -3.21. The van der Waals surface area contributed by atoms with Crippen LogP contribution < -0.4 is 5.73 Å². The van der Waals surface area contributed by atoms with Gasteiger partial charge in [0.25, 0.3) is 5.91 Å². The van der Waals surface area contributed by atoms with E-state index in [0.717, 1.165) is 0 Å². The highest BCUT2D eigenvalue weighted by molar-refractivity contribution is 6.24. The molecule has 5 atom stereocenters. The fourth-order valence-electron chi connectivity index (χ4n) is 5.51. The number of phenols is 1. The van der Waals surface area contributed by atoms with Crippen molar-refractivity contribution in [2.24, 2.45) is 17.6 Å². The molecule has 0 aliphatic heterocycles. The molecule has 0 fully saturated rings. The predicted octanol–water partition coefficient (Wildman–Crippen LogP) is -0.214. The van der Waals surface area contributed by atoms with Crippen molar-refractivity contribution >= 4 is 17.5 Å². The van der Waals surface area contributed by atoms with E-state index in [1.807, 2.05) is 0 Å². The molecule has 170 valence electrons. The van der Waals surface area contributed by atoms with Gasteiger partial charge < -0.3 is 31.3 Å². The molecule has 3 aliphatic rings. The average molecular weight is 444 g/mol. The number of aliphatic hydroxyl groups excluding tert-OH is 2. The van der Waals surface area contributed by atoms with E-state index in [0.29, 0.717) is 0 Å². The fourth-order valence-corrected chi connectivity index (χ4v) is 5.51. The first kappa shape index (κ1) is 22.0. The van der Waals surface area contributed by atoms with E-state index < -0.39 is 75.0 Å². The summed E-state index contributed by atoms with van der Waals surface area (Å²) in [6.07, 6.45) is -0.200. The average Bonchev–Trinajstić information content (AvgIpc) is 2.68. The Bertz CT molecular complexity index is 1150. The summed E-state index contributed by atoms with van der Waals surface area (Å²) in [4.78, 5) is 39.9. The number of hydrogen-bond acceptors (Lipinski definition) is 9. The Morgan fingerprint density at radius 1 is 1.16 bits per heavy atom. The van der Waals surface area contributed by atoms with Crippen molar-refractivity contribution in [3.8, 4) is 5.75 Å². The summed E-state index contributed by atoms with van der Waals surface area (Å²) < 4.78 is 0. The largest absolute Gasteiger partial charge is 0.510 e. The quantitative estimate of drug-likeness (QED) is 0.336. The first-order valence-electron chi connectivity index (χ1n) is 9.97. The number of benzene rings is 1. The van der Waals surface area contributed by atoms with Crippen molar-refractivity contribution in [3.05, 3.63) is 52.0 Å². The molecule has 3 unspecified atom stereocenters. The first-order chi connectivity index (χ1) is 14.8. The topological polar surface area (TPSA) is 182 Å². The van der Waals surface area contributed by atoms with Gasteiger partial charge >= 0.3 is 0 Å². The lowest BCUT2D eigenvalue weighted by atomic mass is 9.55. The number of Topliss-reactive ketones (excluding diaryl/α,β-unsaturated/α-hetero) is 2. The number of amides is 1. The Morgan fingerprint density at radius 2 is 1.78 bits per heavy atom. The fraction of sp³-hybridized carbons (Fsp3) is 0.409. The molecule has 0 radical (unpaired) electrons. The number of ketones is 2. The van der Waals surface area contributed by atoms with E-state index in [2.05, 4.69) is 0 Å². The molecule has 0 aromatic heterocycles. The van der Waals surface area contributed by atoms with Crippen molar-refractivity contribution in [2.75, 3.05) is 14.1 Å². The van der Waals surface area contributed by atoms with Gasteiger partial charge in [-0.2, -0.15) is 0 Å². The number of primary amides is 1. The van der Waals surface area contributed by atoms with E-state index >= 15 is 0 Å². The lowest BCUT2D eigenvalue weighted by Gasteiger charge is -2.52. The van der Waals surface area contributed by atoms with Gasteiger partial charge in [0.2, 0.25) is 5.78 Å². The monoisotopic (exact) mass is 444 g/mol. The van der Waals surface area contributed by atoms with Gasteiger partial charge in [-0.15, -0.1) is 0 Å². The second kappa shape index (κ2) is 6.64. The summed E-state index contributed by atoms with van der Waals surface area (Å²) in [5.74, 6) is -7.89. The zero-order valence-corrected chi connectivity index (χ0v) is 17.7. The summed E-state index contributed by atoms with van der Waals surface area (Å²) in [7, 11) is 3.06. The van der Waals surface area contributed by atoms with Gasteiger partial charge in [-0.25, -0.2) is 0 Å². The molecular formula is C22H24N2O8. The molecule has 32 heavy (non-hydrogen) atoms. The van der Waals surface area contributed by atoms with Crippen LogP contribution in [0.4, 0.5) is 0 Å². The highest BCUT2D eigenvalue weighted by Gasteiger charge is 2.65. The molecule has 1 aromatic carbocycles. The number of rotatable bonds is 2. The molecule has 0 bridgehead atoms. The van der Waals surface area contributed by atoms with Gasteiger partial charge in [-0.3, -0.25) is 19.3 Å². The van der Waals surface area contributed by atoms with Gasteiger partial charge in [0, 0.05) is 17.4 Å². The maximum Gasteiger partial charge on any atom is 0.255 e. The zero-order valence-electron chi connectivity index (χ0n) is 17.7. The lowest BCUT2D eigenvalue weighted by molar-refractivity contribution is -0.151. The SMILES string of the molecule is CN(C)C1C(O)=C(C(N)=O)C(=O)[C@@]2(O)C(O)=C3C(=O)c4c(O)cccc4C(C)(O)C3C[C@@H]12. The molecule has 0 spiro atoms. The molecule has 1 amide bonds. The number of aliphatic hydroxyl groups is 4. The smallest absolute Gasteiger partial charge is 0.255 e. The van der Waals surface area contributed by atoms with Crippen LogP contribution in [-0.2, 0) is 15.2 Å². The van der Waals surface area contributed by atoms with Crippen LogP contribution in [0.2, 0.25) is 0 Å². The van der Waals surface area contributed by atoms with Gasteiger partial charge in [-0.05, 0) is 39.1 Å². The lowest BCUT2D eigenvalue weighted by Crippen LogP contribution is -2.65. The van der Waals surface area contributed by atoms with Gasteiger partial charge in [0.15, 0.2) is 11.4 Å². The second-order valence-corrected chi connectivity index (χ2v) is 8.96. The number of likely N-dealkylation sites (N-methyl/N-ethyl adjacent to an activating group) is 1. The van der Waals surface area contributed by atoms with Crippen LogP contribution in [0, 0.1) is 11.8 Å². The Kier molecular flexibility index (Phi) is 4.57. The number of carbonyl (C=O) groups excluding carboxylic acids is 3. The number of hydrogen-bond donors (Lipinski definition) is 6. The Labute approximate surface area is 182 Å². The summed E-state index contributed by atoms with van der Waals surface area (Å²) in [6, 6.07) is 3.05. The van der Waals surface area contributed by atoms with Crippen LogP contribution in [0.1, 0.15) is 29.3 Å². The molecule has 4 rings (SSSR count). The third-order valence-corrected chi connectivity index (χ3v) is 7.02. The maximum atomic E-state index is 13.3. The molecule has 10 nitrogen and oxygen atoms in total. The molecule has 0 heterocycles. The molecule has 3 aliphatic carbocycles. The molecular weight excluding hydrogens is 420 g/mol. The van der Waals surface area contributed by atoms with Gasteiger partial charge in [-0.1, -0.05) is 12.1 Å². The van der Waals surface area contributed by atoms with Crippen molar-refractivity contribution < 1.29 is 39.9 Å². The highest BCUT2D eigenvalue weighted by atomic mass is 16.3. The van der Waals surface area contributed by atoms with E-state index in [1.54, 1.807) is 0 Å². The maximum absolute atomic E-state index is 13.3. The minimum atomic E-state index is -2.75. The zero-order chi connectivity index (χ0) is 23.9. The second-order valence-electron chi connectivity index (χ2n) is 8.96. The van der Waals surface area contributed by atoms with Crippen LogP contribution in [0.3, 0.4) is 0 Å². The van der Waals surface area contributed by atoms with Crippen molar-refractivity contribution in [1.29, 1.82) is 0 Å². The normalized spacial score (nSPS) is 34.4. The molecule has 1 aromatic rings. The molecule has 0 saturated heterocycles. The van der Waals surface area contributed by atoms with Crippen LogP contribution in [0.5, 0.6) is 5.75 Å². The van der Waals surface area contributed by atoms with Crippen LogP contribution in [0.25, 0.3) is 0 Å². The summed E-state index contributed by atoms with van der Waals surface area (Å²) >= 11 is 0. The van der Waals surface area contributed by atoms with Gasteiger partial charge in [0.05, 0.1) is 17.2 Å². The number of aromatic hydroxyl groups is 1. The van der Waals surface area contributed by atoms with E-state index in [4.69, 9.17) is 5.73 Å². The summed E-state index contributed by atoms with van der Waals surface area (Å²) in [5.41, 5.74) is -0.654. The number of phenolic OH excluding ortho intramolecular Hbond substituents is 1. The van der Waals surface area contributed by atoms with Crippen molar-refractivity contribution in [3.63, 3.8) is 0 Å².